The van der Waals surface area contributed by atoms with Crippen LogP contribution in [-0.4, -0.2) is 73.6 Å². The zero-order valence-corrected chi connectivity index (χ0v) is 20.6. The number of benzene rings is 1. The van der Waals surface area contributed by atoms with Gasteiger partial charge in [0, 0.05) is 45.5 Å². The lowest BCUT2D eigenvalue weighted by molar-refractivity contribution is -0.137. The van der Waals surface area contributed by atoms with Crippen molar-refractivity contribution >= 4 is 17.5 Å². The molecule has 1 N–H and O–H groups in total. The number of rotatable bonds is 6. The summed E-state index contributed by atoms with van der Waals surface area (Å²) in [6.45, 7) is 4.27. The van der Waals surface area contributed by atoms with Gasteiger partial charge in [-0.1, -0.05) is 0 Å². The number of ether oxygens (including phenoxy) is 2. The van der Waals surface area contributed by atoms with Crippen LogP contribution in [0.5, 0.6) is 0 Å². The number of likely N-dealkylation sites (tertiary alicyclic amines) is 1. The number of hydrogen-bond donors (Lipinski definition) is 1. The number of carbonyl (C=O) groups excluding carboxylic acids is 1. The van der Waals surface area contributed by atoms with Crippen LogP contribution in [0.1, 0.15) is 18.2 Å². The summed E-state index contributed by atoms with van der Waals surface area (Å²) < 4.78 is 53.3. The molecule has 0 aliphatic carbocycles. The molecule has 1 aliphatic rings. The van der Waals surface area contributed by atoms with Crippen molar-refractivity contribution < 1.29 is 27.4 Å². The predicted molar refractivity (Wildman–Crippen MR) is 126 cm³/mol. The molecule has 0 spiro atoms. The van der Waals surface area contributed by atoms with E-state index in [9.17, 15) is 22.8 Å². The van der Waals surface area contributed by atoms with E-state index in [1.54, 1.807) is 32.0 Å². The van der Waals surface area contributed by atoms with Gasteiger partial charge < -0.3 is 24.6 Å². The number of alkyl halides is 3. The van der Waals surface area contributed by atoms with Crippen molar-refractivity contribution in [2.45, 2.75) is 32.2 Å². The number of methoxy groups -OCH3 is 1. The molecule has 3 rings (SSSR count). The van der Waals surface area contributed by atoms with Gasteiger partial charge in [-0.25, -0.2) is 9.78 Å². The van der Waals surface area contributed by atoms with Gasteiger partial charge in [0.05, 0.1) is 37.1 Å². The summed E-state index contributed by atoms with van der Waals surface area (Å²) in [6, 6.07) is 3.47. The molecular formula is C23H30F3N5O4. The Bertz CT molecular complexity index is 1150. The molecule has 1 saturated heterocycles. The van der Waals surface area contributed by atoms with Crippen molar-refractivity contribution in [2.24, 2.45) is 7.05 Å². The number of amides is 1. The van der Waals surface area contributed by atoms with Crippen LogP contribution in [0.2, 0.25) is 0 Å². The van der Waals surface area contributed by atoms with E-state index in [2.05, 4.69) is 10.3 Å². The molecule has 1 fully saturated rings. The summed E-state index contributed by atoms with van der Waals surface area (Å²) in [5, 5.41) is 3.11. The highest BCUT2D eigenvalue weighted by Gasteiger charge is 2.38. The first-order valence-electron chi connectivity index (χ1n) is 11.1. The highest BCUT2D eigenvalue weighted by molar-refractivity contribution is 5.69. The molecule has 0 radical (unpaired) electrons. The molecule has 192 valence electrons. The van der Waals surface area contributed by atoms with Crippen LogP contribution in [-0.2, 0) is 22.7 Å². The third-order valence-electron chi connectivity index (χ3n) is 5.95. The van der Waals surface area contributed by atoms with E-state index < -0.39 is 35.5 Å². The zero-order valence-electron chi connectivity index (χ0n) is 20.6. The number of aryl methyl sites for hydroxylation is 1. The minimum absolute atomic E-state index is 0.0975. The molecule has 0 bridgehead atoms. The van der Waals surface area contributed by atoms with Gasteiger partial charge in [0.25, 0.3) is 5.56 Å². The summed E-state index contributed by atoms with van der Waals surface area (Å²) in [6.07, 6.45) is -5.56. The lowest BCUT2D eigenvalue weighted by Gasteiger charge is -2.23. The van der Waals surface area contributed by atoms with E-state index in [4.69, 9.17) is 9.47 Å². The summed E-state index contributed by atoms with van der Waals surface area (Å²) in [5.74, 6) is -0.0975. The fraction of sp³-hybridized carbons (Fsp3) is 0.522. The predicted octanol–water partition coefficient (Wildman–Crippen LogP) is 3.11. The van der Waals surface area contributed by atoms with E-state index in [1.807, 2.05) is 6.92 Å². The van der Waals surface area contributed by atoms with E-state index in [-0.39, 0.29) is 35.9 Å². The third kappa shape index (κ3) is 5.37. The fourth-order valence-corrected chi connectivity index (χ4v) is 4.11. The van der Waals surface area contributed by atoms with Crippen molar-refractivity contribution in [1.82, 2.24) is 14.5 Å². The van der Waals surface area contributed by atoms with Gasteiger partial charge in [-0.2, -0.15) is 13.2 Å². The summed E-state index contributed by atoms with van der Waals surface area (Å²) in [7, 11) is 5.95. The molecule has 35 heavy (non-hydrogen) atoms. The Morgan fingerprint density at radius 3 is 2.54 bits per heavy atom. The minimum Gasteiger partial charge on any atom is -0.453 e. The maximum Gasteiger partial charge on any atom is 0.417 e. The van der Waals surface area contributed by atoms with Crippen LogP contribution in [0.15, 0.2) is 23.0 Å². The van der Waals surface area contributed by atoms with Gasteiger partial charge >= 0.3 is 12.3 Å². The summed E-state index contributed by atoms with van der Waals surface area (Å²) in [4.78, 5) is 32.6. The van der Waals surface area contributed by atoms with E-state index in [1.165, 1.54) is 25.1 Å². The number of hydrogen-bond acceptors (Lipinski definition) is 7. The molecule has 1 aromatic carbocycles. The standard InChI is InChI=1S/C23H30F3N5O4/c1-7-35-18-12-31(22(33)34-6)11-17(18)28-19-13(2)27-20(30(5)21(19)32)15-9-8-14(29(3)4)10-16(15)23(24,25)26/h8-10,17-18,28H,7,11-12H2,1-6H3/t17-,18+/m1/s1. The molecule has 0 unspecified atom stereocenters. The lowest BCUT2D eigenvalue weighted by Crippen LogP contribution is -2.38. The SMILES string of the molecule is CCO[C@H]1CN(C(=O)OC)C[C@H]1Nc1c(C)nc(-c2ccc(N(C)C)cc2C(F)(F)F)n(C)c1=O. The molecule has 2 atom stereocenters. The van der Waals surface area contributed by atoms with Crippen LogP contribution in [0, 0.1) is 6.92 Å². The first-order valence-corrected chi connectivity index (χ1v) is 11.1. The maximum atomic E-state index is 13.9. The van der Waals surface area contributed by atoms with Crippen molar-refractivity contribution in [1.29, 1.82) is 0 Å². The molecule has 12 heteroatoms. The molecule has 9 nitrogen and oxygen atoms in total. The topological polar surface area (TPSA) is 88.9 Å². The number of carbonyl (C=O) groups is 1. The third-order valence-corrected chi connectivity index (χ3v) is 5.95. The quantitative estimate of drug-likeness (QED) is 0.656. The average molecular weight is 498 g/mol. The van der Waals surface area contributed by atoms with Gasteiger partial charge in [0.1, 0.15) is 11.5 Å². The summed E-state index contributed by atoms with van der Waals surface area (Å²) >= 11 is 0. The molecular weight excluding hydrogens is 467 g/mol. The van der Waals surface area contributed by atoms with Crippen molar-refractivity contribution in [3.05, 3.63) is 39.8 Å². The molecule has 2 heterocycles. The second-order valence-corrected chi connectivity index (χ2v) is 8.50. The zero-order chi connectivity index (χ0) is 26.1. The van der Waals surface area contributed by atoms with Crippen LogP contribution in [0.4, 0.5) is 29.3 Å². The first kappa shape index (κ1) is 26.3. The smallest absolute Gasteiger partial charge is 0.417 e. The largest absolute Gasteiger partial charge is 0.453 e. The number of aromatic nitrogens is 2. The van der Waals surface area contributed by atoms with Crippen molar-refractivity contribution in [2.75, 3.05) is 51.1 Å². The second kappa shape index (κ2) is 10.1. The molecule has 1 aromatic heterocycles. The fourth-order valence-electron chi connectivity index (χ4n) is 4.11. The average Bonchev–Trinajstić information content (AvgIpc) is 3.20. The first-order chi connectivity index (χ1) is 16.4. The molecule has 0 saturated carbocycles. The molecule has 1 aliphatic heterocycles. The maximum absolute atomic E-state index is 13.9. The Morgan fingerprint density at radius 1 is 1.29 bits per heavy atom. The van der Waals surface area contributed by atoms with Crippen LogP contribution < -0.4 is 15.8 Å². The Balaban J connectivity index is 2.03. The van der Waals surface area contributed by atoms with Crippen LogP contribution in [0.25, 0.3) is 11.4 Å². The van der Waals surface area contributed by atoms with E-state index >= 15 is 0 Å². The van der Waals surface area contributed by atoms with Gasteiger partial charge in [0.2, 0.25) is 0 Å². The number of nitrogens with one attached hydrogen (secondary N) is 1. The summed E-state index contributed by atoms with van der Waals surface area (Å²) in [5.41, 5.74) is -0.867. The Morgan fingerprint density at radius 2 is 1.97 bits per heavy atom. The van der Waals surface area contributed by atoms with E-state index in [0.29, 0.717) is 12.3 Å². The Kier molecular flexibility index (Phi) is 7.63. The monoisotopic (exact) mass is 497 g/mol. The normalized spacial score (nSPS) is 18.0. The Hall–Kier alpha value is -3.28. The van der Waals surface area contributed by atoms with Crippen molar-refractivity contribution in [3.8, 4) is 11.4 Å². The minimum atomic E-state index is -4.64. The Labute approximate surface area is 201 Å². The molecule has 2 aromatic rings. The highest BCUT2D eigenvalue weighted by atomic mass is 19.4. The van der Waals surface area contributed by atoms with Crippen molar-refractivity contribution in [3.63, 3.8) is 0 Å². The van der Waals surface area contributed by atoms with Gasteiger partial charge in [0.15, 0.2) is 0 Å². The van der Waals surface area contributed by atoms with E-state index in [0.717, 1.165) is 10.6 Å². The number of anilines is 2. The van der Waals surface area contributed by atoms with Gasteiger partial charge in [-0.15, -0.1) is 0 Å². The second-order valence-electron chi connectivity index (χ2n) is 8.50. The van der Waals surface area contributed by atoms with Crippen LogP contribution in [0.3, 0.4) is 0 Å². The van der Waals surface area contributed by atoms with Crippen LogP contribution >= 0.6 is 0 Å². The van der Waals surface area contributed by atoms with Gasteiger partial charge in [-0.05, 0) is 32.0 Å². The highest BCUT2D eigenvalue weighted by Crippen LogP contribution is 2.38. The number of nitrogens with zero attached hydrogens (tertiary/aromatic N) is 4. The lowest BCUT2D eigenvalue weighted by atomic mass is 10.0. The van der Waals surface area contributed by atoms with Gasteiger partial charge in [-0.3, -0.25) is 9.36 Å². The number of halogens is 3. The molecule has 1 amide bonds.